The van der Waals surface area contributed by atoms with Crippen molar-refractivity contribution in [3.05, 3.63) is 164 Å². The number of rotatable bonds is 3. The Morgan fingerprint density at radius 1 is 0.279 bits per heavy atom. The molecule has 200 valence electrons. The Morgan fingerprint density at radius 2 is 0.791 bits per heavy atom. The number of aromatic nitrogens is 1. The molecule has 0 atom stereocenters. The Bertz CT molecular complexity index is 2510. The number of nitrogens with zero attached hydrogens (tertiary/aromatic N) is 1. The maximum absolute atomic E-state index is 2.42. The number of hydrogen-bond donors (Lipinski definition) is 0. The number of hydrogen-bond acceptors (Lipinski definition) is 0. The molecule has 0 saturated heterocycles. The predicted molar refractivity (Wildman–Crippen MR) is 184 cm³/mol. The van der Waals surface area contributed by atoms with E-state index in [9.17, 15) is 0 Å². The average Bonchev–Trinajstić information content (AvgIpc) is 3.41. The van der Waals surface area contributed by atoms with Crippen molar-refractivity contribution < 1.29 is 0 Å². The summed E-state index contributed by atoms with van der Waals surface area (Å²) in [6.45, 7) is 0. The van der Waals surface area contributed by atoms with Crippen molar-refractivity contribution in [1.82, 2.24) is 4.57 Å². The minimum atomic E-state index is 1.21. The van der Waals surface area contributed by atoms with Gasteiger partial charge < -0.3 is 4.57 Å². The topological polar surface area (TPSA) is 4.93 Å². The van der Waals surface area contributed by atoms with Crippen molar-refractivity contribution in [3.63, 3.8) is 0 Å². The zero-order valence-corrected chi connectivity index (χ0v) is 23.5. The summed E-state index contributed by atoms with van der Waals surface area (Å²) >= 11 is 0. The molecule has 0 aliphatic rings. The zero-order chi connectivity index (χ0) is 28.3. The van der Waals surface area contributed by atoms with Crippen LogP contribution in [0.5, 0.6) is 0 Å². The molecule has 0 N–H and O–H groups in total. The second kappa shape index (κ2) is 9.44. The summed E-state index contributed by atoms with van der Waals surface area (Å²) in [7, 11) is 0. The Balaban J connectivity index is 1.21. The number of para-hydroxylation sites is 1. The van der Waals surface area contributed by atoms with Crippen LogP contribution in [0.1, 0.15) is 0 Å². The Morgan fingerprint density at radius 3 is 1.60 bits per heavy atom. The van der Waals surface area contributed by atoms with E-state index in [-0.39, 0.29) is 0 Å². The molecule has 0 amide bonds. The van der Waals surface area contributed by atoms with Crippen LogP contribution < -0.4 is 0 Å². The molecule has 1 heteroatoms. The summed E-state index contributed by atoms with van der Waals surface area (Å²) in [5, 5.41) is 10.2. The first-order valence-electron chi connectivity index (χ1n) is 14.9. The van der Waals surface area contributed by atoms with Gasteiger partial charge in [-0.15, -0.1) is 0 Å². The van der Waals surface area contributed by atoms with Crippen molar-refractivity contribution in [2.45, 2.75) is 0 Å². The summed E-state index contributed by atoms with van der Waals surface area (Å²) in [4.78, 5) is 0. The lowest BCUT2D eigenvalue weighted by Gasteiger charge is -2.12. The number of benzene rings is 8. The second-order valence-corrected chi connectivity index (χ2v) is 11.4. The molecule has 0 aliphatic carbocycles. The first-order valence-corrected chi connectivity index (χ1v) is 14.9. The smallest absolute Gasteiger partial charge is 0.0541 e. The van der Waals surface area contributed by atoms with E-state index in [0.717, 1.165) is 0 Å². The van der Waals surface area contributed by atoms with E-state index in [1.54, 1.807) is 0 Å². The van der Waals surface area contributed by atoms with Crippen LogP contribution in [0.2, 0.25) is 0 Å². The molecule has 1 heterocycles. The van der Waals surface area contributed by atoms with E-state index in [1.165, 1.54) is 82.1 Å². The Hall–Kier alpha value is -5.66. The molecule has 43 heavy (non-hydrogen) atoms. The Kier molecular flexibility index (Phi) is 5.27. The molecular formula is C42H27N. The van der Waals surface area contributed by atoms with Gasteiger partial charge in [0.25, 0.3) is 0 Å². The summed E-state index contributed by atoms with van der Waals surface area (Å²) < 4.78 is 2.42. The van der Waals surface area contributed by atoms with Crippen LogP contribution in [0.15, 0.2) is 164 Å². The normalized spacial score (nSPS) is 11.7. The molecule has 0 aliphatic heterocycles. The van der Waals surface area contributed by atoms with Gasteiger partial charge in [-0.25, -0.2) is 0 Å². The lowest BCUT2D eigenvalue weighted by Crippen LogP contribution is -1.95. The van der Waals surface area contributed by atoms with Crippen LogP contribution in [0.3, 0.4) is 0 Å². The van der Waals surface area contributed by atoms with Crippen LogP contribution in [0, 0.1) is 0 Å². The molecule has 0 spiro atoms. The minimum Gasteiger partial charge on any atom is -0.309 e. The van der Waals surface area contributed by atoms with Crippen molar-refractivity contribution in [2.24, 2.45) is 0 Å². The first kappa shape index (κ1) is 24.0. The molecule has 8 aromatic carbocycles. The predicted octanol–water partition coefficient (Wildman–Crippen LogP) is 11.6. The SMILES string of the molecule is c1cc(-c2ccc3ccc4ccccc4c3c2)cc(-c2ccc3c(c2)c2ccccc2n3-c2cccc3ccccc23)c1. The summed E-state index contributed by atoms with van der Waals surface area (Å²) in [5.41, 5.74) is 8.57. The fourth-order valence-corrected chi connectivity index (χ4v) is 6.88. The molecular weight excluding hydrogens is 518 g/mol. The van der Waals surface area contributed by atoms with E-state index in [1.807, 2.05) is 0 Å². The highest BCUT2D eigenvalue weighted by molar-refractivity contribution is 6.12. The van der Waals surface area contributed by atoms with Crippen LogP contribution in [0.25, 0.3) is 82.1 Å². The van der Waals surface area contributed by atoms with Gasteiger partial charge in [-0.1, -0.05) is 127 Å². The van der Waals surface area contributed by atoms with Gasteiger partial charge in [0.15, 0.2) is 0 Å². The van der Waals surface area contributed by atoms with E-state index >= 15 is 0 Å². The fourth-order valence-electron chi connectivity index (χ4n) is 6.88. The van der Waals surface area contributed by atoms with Gasteiger partial charge in [0.05, 0.1) is 16.7 Å². The van der Waals surface area contributed by atoms with Gasteiger partial charge in [0.2, 0.25) is 0 Å². The molecule has 0 unspecified atom stereocenters. The van der Waals surface area contributed by atoms with E-state index in [0.29, 0.717) is 0 Å². The van der Waals surface area contributed by atoms with Gasteiger partial charge in [0.1, 0.15) is 0 Å². The summed E-state index contributed by atoms with van der Waals surface area (Å²) in [6.07, 6.45) is 0. The van der Waals surface area contributed by atoms with Gasteiger partial charge in [0, 0.05) is 16.2 Å². The van der Waals surface area contributed by atoms with Crippen molar-refractivity contribution in [2.75, 3.05) is 0 Å². The molecule has 1 nitrogen and oxygen atoms in total. The molecule has 0 fully saturated rings. The largest absolute Gasteiger partial charge is 0.309 e. The third kappa shape index (κ3) is 3.79. The van der Waals surface area contributed by atoms with Gasteiger partial charge >= 0.3 is 0 Å². The third-order valence-corrected chi connectivity index (χ3v) is 8.96. The van der Waals surface area contributed by atoms with Crippen LogP contribution in [-0.2, 0) is 0 Å². The van der Waals surface area contributed by atoms with Crippen molar-refractivity contribution in [3.8, 4) is 27.9 Å². The van der Waals surface area contributed by atoms with Crippen LogP contribution in [-0.4, -0.2) is 4.57 Å². The highest BCUT2D eigenvalue weighted by Crippen LogP contribution is 2.38. The quantitative estimate of drug-likeness (QED) is 0.195. The van der Waals surface area contributed by atoms with Gasteiger partial charge in [-0.2, -0.15) is 0 Å². The Labute approximate surface area is 249 Å². The van der Waals surface area contributed by atoms with E-state index < -0.39 is 0 Å². The second-order valence-electron chi connectivity index (χ2n) is 11.4. The minimum absolute atomic E-state index is 1.21. The third-order valence-electron chi connectivity index (χ3n) is 8.96. The van der Waals surface area contributed by atoms with Crippen LogP contribution in [0.4, 0.5) is 0 Å². The van der Waals surface area contributed by atoms with Crippen molar-refractivity contribution in [1.29, 1.82) is 0 Å². The molecule has 0 bridgehead atoms. The lowest BCUT2D eigenvalue weighted by atomic mass is 9.95. The van der Waals surface area contributed by atoms with Gasteiger partial charge in [-0.3, -0.25) is 0 Å². The first-order chi connectivity index (χ1) is 21.3. The average molecular weight is 546 g/mol. The monoisotopic (exact) mass is 545 g/mol. The molecule has 9 rings (SSSR count). The maximum atomic E-state index is 2.42. The molecule has 0 saturated carbocycles. The lowest BCUT2D eigenvalue weighted by molar-refractivity contribution is 1.20. The summed E-state index contributed by atoms with van der Waals surface area (Å²) in [6, 6.07) is 59.8. The summed E-state index contributed by atoms with van der Waals surface area (Å²) in [5.74, 6) is 0. The van der Waals surface area contributed by atoms with E-state index in [2.05, 4.69) is 168 Å². The zero-order valence-electron chi connectivity index (χ0n) is 23.5. The fraction of sp³-hybridized carbons (Fsp3) is 0. The van der Waals surface area contributed by atoms with Crippen molar-refractivity contribution >= 4 is 54.1 Å². The molecule has 9 aromatic rings. The highest BCUT2D eigenvalue weighted by atomic mass is 15.0. The highest BCUT2D eigenvalue weighted by Gasteiger charge is 2.15. The standard InChI is InChI=1S/C42H27N/c1-3-14-35-29(10-1)19-20-30-21-22-33(26-38(30)35)31-12-7-13-32(25-31)34-23-24-42-39(27-34)37-16-5-6-17-41(37)43(42)40-18-8-11-28-9-2-4-15-36(28)40/h1-27H. The van der Waals surface area contributed by atoms with E-state index in [4.69, 9.17) is 0 Å². The van der Waals surface area contributed by atoms with Gasteiger partial charge in [-0.05, 0) is 85.6 Å². The maximum Gasteiger partial charge on any atom is 0.0541 e. The number of fused-ring (bicyclic) bond motifs is 7. The van der Waals surface area contributed by atoms with Crippen LogP contribution >= 0.6 is 0 Å². The molecule has 0 radical (unpaired) electrons. The molecule has 1 aromatic heterocycles.